The van der Waals surface area contributed by atoms with Crippen LogP contribution in [0.25, 0.3) is 20.5 Å². The van der Waals surface area contributed by atoms with Gasteiger partial charge in [0.1, 0.15) is 5.82 Å². The maximum atomic E-state index is 13.3. The van der Waals surface area contributed by atoms with Crippen LogP contribution in [0.3, 0.4) is 0 Å². The normalized spacial score (nSPS) is 11.1. The molecule has 3 rings (SSSR count). The van der Waals surface area contributed by atoms with E-state index >= 15 is 0 Å². The summed E-state index contributed by atoms with van der Waals surface area (Å²) in [5.41, 5.74) is 2.86. The lowest BCUT2D eigenvalue weighted by molar-refractivity contribution is 0.0982. The number of halogens is 1. The van der Waals surface area contributed by atoms with Gasteiger partial charge >= 0.3 is 0 Å². The van der Waals surface area contributed by atoms with Crippen LogP contribution in [0.2, 0.25) is 0 Å². The van der Waals surface area contributed by atoms with Crippen molar-refractivity contribution in [2.75, 3.05) is 0 Å². The van der Waals surface area contributed by atoms with Gasteiger partial charge in [0.25, 0.3) is 0 Å². The van der Waals surface area contributed by atoms with Crippen LogP contribution in [0.4, 0.5) is 4.39 Å². The molecule has 0 amide bonds. The summed E-state index contributed by atoms with van der Waals surface area (Å²) >= 11 is 1.62. The van der Waals surface area contributed by atoms with Crippen LogP contribution in [0.1, 0.15) is 48.5 Å². The quantitative estimate of drug-likeness (QED) is 0.357. The number of thiophene rings is 1. The summed E-state index contributed by atoms with van der Waals surface area (Å²) in [4.78, 5) is 13.9. The van der Waals surface area contributed by atoms with Crippen LogP contribution in [-0.2, 0) is 0 Å². The first-order valence-corrected chi connectivity index (χ1v) is 9.24. The predicted molar refractivity (Wildman–Crippen MR) is 100 cm³/mol. The van der Waals surface area contributed by atoms with Gasteiger partial charge in [-0.25, -0.2) is 4.39 Å². The average Bonchev–Trinajstić information content (AvgIpc) is 2.94. The molecule has 124 valence electrons. The molecular weight excluding hydrogens is 319 g/mol. The monoisotopic (exact) mass is 340 g/mol. The molecule has 0 unspecified atom stereocenters. The second-order valence-electron chi connectivity index (χ2n) is 6.19. The molecule has 0 saturated heterocycles. The summed E-state index contributed by atoms with van der Waals surface area (Å²) < 4.78 is 14.4. The molecule has 1 aromatic heterocycles. The first-order valence-electron chi connectivity index (χ1n) is 8.42. The second-order valence-corrected chi connectivity index (χ2v) is 7.25. The largest absolute Gasteiger partial charge is 0.294 e. The fourth-order valence-corrected chi connectivity index (χ4v) is 4.16. The highest BCUT2D eigenvalue weighted by Gasteiger charge is 2.20. The smallest absolute Gasteiger partial charge is 0.164 e. The van der Waals surface area contributed by atoms with Crippen molar-refractivity contribution < 1.29 is 9.18 Å². The Morgan fingerprint density at radius 1 is 1.08 bits per heavy atom. The molecule has 0 spiro atoms. The third-order valence-electron chi connectivity index (χ3n) is 4.24. The van der Waals surface area contributed by atoms with Gasteiger partial charge in [0, 0.05) is 26.9 Å². The van der Waals surface area contributed by atoms with Gasteiger partial charge in [-0.15, -0.1) is 11.3 Å². The van der Waals surface area contributed by atoms with Crippen LogP contribution < -0.4 is 0 Å². The van der Waals surface area contributed by atoms with Crippen molar-refractivity contribution in [3.05, 3.63) is 59.4 Å². The van der Waals surface area contributed by atoms with E-state index in [2.05, 4.69) is 25.1 Å². The van der Waals surface area contributed by atoms with Crippen LogP contribution in [0.15, 0.2) is 42.5 Å². The zero-order chi connectivity index (χ0) is 17.1. The highest BCUT2D eigenvalue weighted by molar-refractivity contribution is 7.22. The van der Waals surface area contributed by atoms with Crippen LogP contribution in [0.5, 0.6) is 0 Å². The Balaban J connectivity index is 2.11. The zero-order valence-electron chi connectivity index (χ0n) is 14.1. The van der Waals surface area contributed by atoms with Crippen molar-refractivity contribution in [1.29, 1.82) is 0 Å². The summed E-state index contributed by atoms with van der Waals surface area (Å²) in [6, 6.07) is 12.7. The van der Waals surface area contributed by atoms with E-state index in [0.717, 1.165) is 50.9 Å². The van der Waals surface area contributed by atoms with Crippen LogP contribution in [-0.4, -0.2) is 5.78 Å². The summed E-state index contributed by atoms with van der Waals surface area (Å²) in [5.74, 6) is -0.0637. The molecule has 1 nitrogen and oxygen atoms in total. The first kappa shape index (κ1) is 16.8. The molecule has 0 aliphatic carbocycles. The number of Topliss-reactive ketones (excluding diaryl/α,β-unsaturated/α-hetero) is 1. The number of ketones is 1. The SMILES string of the molecule is CCCCCC(=O)c1c(-c2ccc(F)cc2)sc2ccc(C)cc12. The van der Waals surface area contributed by atoms with Crippen LogP contribution >= 0.6 is 11.3 Å². The molecule has 3 aromatic rings. The third kappa shape index (κ3) is 3.41. The molecule has 0 bridgehead atoms. The van der Waals surface area contributed by atoms with Gasteiger partial charge in [0.15, 0.2) is 5.78 Å². The third-order valence-corrected chi connectivity index (χ3v) is 5.46. The topological polar surface area (TPSA) is 17.1 Å². The maximum absolute atomic E-state index is 13.3. The summed E-state index contributed by atoms with van der Waals surface area (Å²) in [6.45, 7) is 4.18. The highest BCUT2D eigenvalue weighted by Crippen LogP contribution is 2.40. The first-order chi connectivity index (χ1) is 11.6. The van der Waals surface area contributed by atoms with Gasteiger partial charge in [0.05, 0.1) is 0 Å². The van der Waals surface area contributed by atoms with Gasteiger partial charge in [-0.2, -0.15) is 0 Å². The summed E-state index contributed by atoms with van der Waals surface area (Å²) in [6.07, 6.45) is 3.66. The van der Waals surface area contributed by atoms with E-state index in [4.69, 9.17) is 0 Å². The number of carbonyl (C=O) groups is 1. The maximum Gasteiger partial charge on any atom is 0.164 e. The van der Waals surface area contributed by atoms with Crippen molar-refractivity contribution in [1.82, 2.24) is 0 Å². The average molecular weight is 340 g/mol. The molecule has 3 heteroatoms. The lowest BCUT2D eigenvalue weighted by atomic mass is 9.98. The molecule has 0 aliphatic rings. The van der Waals surface area contributed by atoms with E-state index in [1.54, 1.807) is 23.5 Å². The minimum Gasteiger partial charge on any atom is -0.294 e. The van der Waals surface area contributed by atoms with Crippen molar-refractivity contribution in [2.45, 2.75) is 39.5 Å². The molecule has 0 saturated carbocycles. The molecule has 1 heterocycles. The van der Waals surface area contributed by atoms with Gasteiger partial charge in [-0.05, 0) is 43.2 Å². The number of benzene rings is 2. The molecule has 0 radical (unpaired) electrons. The van der Waals surface area contributed by atoms with Gasteiger partial charge < -0.3 is 0 Å². The van der Waals surface area contributed by atoms with Crippen molar-refractivity contribution in [3.63, 3.8) is 0 Å². The Morgan fingerprint density at radius 3 is 2.54 bits per heavy atom. The highest BCUT2D eigenvalue weighted by atomic mass is 32.1. The Bertz CT molecular complexity index is 861. The van der Waals surface area contributed by atoms with Crippen molar-refractivity contribution in [2.24, 2.45) is 0 Å². The van der Waals surface area contributed by atoms with E-state index in [-0.39, 0.29) is 11.6 Å². The number of fused-ring (bicyclic) bond motifs is 1. The zero-order valence-corrected chi connectivity index (χ0v) is 14.9. The second kappa shape index (κ2) is 7.27. The molecule has 0 aliphatic heterocycles. The number of hydrogen-bond acceptors (Lipinski definition) is 2. The van der Waals surface area contributed by atoms with E-state index in [9.17, 15) is 9.18 Å². The fraction of sp³-hybridized carbons (Fsp3) is 0.286. The van der Waals surface area contributed by atoms with Gasteiger partial charge in [-0.1, -0.05) is 43.5 Å². The lowest BCUT2D eigenvalue weighted by Crippen LogP contribution is -2.00. The van der Waals surface area contributed by atoms with Gasteiger partial charge in [0.2, 0.25) is 0 Å². The fourth-order valence-electron chi connectivity index (χ4n) is 2.95. The summed E-state index contributed by atoms with van der Waals surface area (Å²) in [5, 5.41) is 1.03. The van der Waals surface area contributed by atoms with Crippen molar-refractivity contribution in [3.8, 4) is 10.4 Å². The van der Waals surface area contributed by atoms with E-state index < -0.39 is 0 Å². The molecular formula is C21H21FOS. The number of aryl methyl sites for hydroxylation is 1. The number of hydrogen-bond donors (Lipinski definition) is 0. The molecule has 0 N–H and O–H groups in total. The minimum absolute atomic E-state index is 0.194. The molecule has 0 atom stereocenters. The Kier molecular flexibility index (Phi) is 5.10. The minimum atomic E-state index is -0.258. The van der Waals surface area contributed by atoms with E-state index in [1.165, 1.54) is 12.1 Å². The molecule has 24 heavy (non-hydrogen) atoms. The number of carbonyl (C=O) groups excluding carboxylic acids is 1. The number of unbranched alkanes of at least 4 members (excludes halogenated alkanes) is 2. The Hall–Kier alpha value is -2.00. The Labute approximate surface area is 146 Å². The number of rotatable bonds is 6. The summed E-state index contributed by atoms with van der Waals surface area (Å²) in [7, 11) is 0. The van der Waals surface area contributed by atoms with Crippen LogP contribution in [0, 0.1) is 12.7 Å². The molecule has 0 fully saturated rings. The molecule has 2 aromatic carbocycles. The van der Waals surface area contributed by atoms with E-state index in [1.807, 2.05) is 6.92 Å². The Morgan fingerprint density at radius 2 is 1.83 bits per heavy atom. The predicted octanol–water partition coefficient (Wildman–Crippen LogP) is 6.78. The van der Waals surface area contributed by atoms with E-state index in [0.29, 0.717) is 6.42 Å². The van der Waals surface area contributed by atoms with Crippen molar-refractivity contribution >= 4 is 27.2 Å². The lowest BCUT2D eigenvalue weighted by Gasteiger charge is -2.05. The van der Waals surface area contributed by atoms with Gasteiger partial charge in [-0.3, -0.25) is 4.79 Å². The standard InChI is InChI=1S/C21H21FOS/c1-3-4-5-6-18(23)20-17-13-14(2)7-12-19(17)24-21(20)15-8-10-16(22)11-9-15/h7-13H,3-6H2,1-2H3.